The van der Waals surface area contributed by atoms with Crippen molar-refractivity contribution >= 4 is 11.7 Å². The van der Waals surface area contributed by atoms with Gasteiger partial charge in [-0.15, -0.1) is 0 Å². The van der Waals surface area contributed by atoms with Gasteiger partial charge in [-0.25, -0.2) is 4.79 Å². The summed E-state index contributed by atoms with van der Waals surface area (Å²) in [6.45, 7) is 2.81. The number of nitrogens with two attached hydrogens (primary N) is 1. The molecule has 0 spiro atoms. The highest BCUT2D eigenvalue weighted by atomic mass is 16.5. The van der Waals surface area contributed by atoms with Gasteiger partial charge < -0.3 is 25.2 Å². The summed E-state index contributed by atoms with van der Waals surface area (Å²) in [7, 11) is 2.03. The second kappa shape index (κ2) is 5.90. The molecule has 1 aromatic rings. The zero-order chi connectivity index (χ0) is 13.8. The minimum absolute atomic E-state index is 0.00424. The molecule has 1 unspecified atom stereocenters. The molecule has 0 bridgehead atoms. The van der Waals surface area contributed by atoms with Crippen LogP contribution < -0.4 is 10.5 Å². The zero-order valence-corrected chi connectivity index (χ0v) is 10.8. The molecule has 2 rings (SSSR count). The van der Waals surface area contributed by atoms with Gasteiger partial charge in [0.15, 0.2) is 0 Å². The topological polar surface area (TPSA) is 85.0 Å². The number of anilines is 1. The van der Waals surface area contributed by atoms with E-state index in [4.69, 9.17) is 20.3 Å². The SMILES string of the molecule is CN1CCOC(COc2ccc(N)c(C(=O)O)c2)C1. The third-order valence-electron chi connectivity index (χ3n) is 3.03. The molecule has 1 saturated heterocycles. The number of nitrogens with zero attached hydrogens (tertiary/aromatic N) is 1. The van der Waals surface area contributed by atoms with Crippen LogP contribution in [-0.4, -0.2) is 55.4 Å². The van der Waals surface area contributed by atoms with Gasteiger partial charge >= 0.3 is 5.97 Å². The normalized spacial score (nSPS) is 20.2. The van der Waals surface area contributed by atoms with Crippen LogP contribution in [0.1, 0.15) is 10.4 Å². The van der Waals surface area contributed by atoms with Gasteiger partial charge in [-0.05, 0) is 25.2 Å². The van der Waals surface area contributed by atoms with E-state index >= 15 is 0 Å². The Morgan fingerprint density at radius 3 is 3.11 bits per heavy atom. The predicted molar refractivity (Wildman–Crippen MR) is 70.5 cm³/mol. The van der Waals surface area contributed by atoms with Crippen molar-refractivity contribution in [2.24, 2.45) is 0 Å². The van der Waals surface area contributed by atoms with Crippen LogP contribution in [-0.2, 0) is 4.74 Å². The maximum atomic E-state index is 11.0. The van der Waals surface area contributed by atoms with Gasteiger partial charge in [0.05, 0.1) is 12.2 Å². The lowest BCUT2D eigenvalue weighted by Crippen LogP contribution is -2.42. The summed E-state index contributed by atoms with van der Waals surface area (Å²) in [4.78, 5) is 13.1. The summed E-state index contributed by atoms with van der Waals surface area (Å²) in [6.07, 6.45) is 0.00424. The van der Waals surface area contributed by atoms with E-state index in [-0.39, 0.29) is 17.4 Å². The van der Waals surface area contributed by atoms with Crippen molar-refractivity contribution in [3.8, 4) is 5.75 Å². The number of morpholine rings is 1. The van der Waals surface area contributed by atoms with Crippen LogP contribution in [0.25, 0.3) is 0 Å². The molecule has 0 radical (unpaired) electrons. The van der Waals surface area contributed by atoms with Crippen LogP contribution in [0.3, 0.4) is 0 Å². The molecular weight excluding hydrogens is 248 g/mol. The number of hydrogen-bond donors (Lipinski definition) is 2. The van der Waals surface area contributed by atoms with Gasteiger partial charge in [-0.2, -0.15) is 0 Å². The van der Waals surface area contributed by atoms with Gasteiger partial charge in [-0.3, -0.25) is 0 Å². The fourth-order valence-corrected chi connectivity index (χ4v) is 1.97. The molecule has 0 amide bonds. The van der Waals surface area contributed by atoms with Crippen molar-refractivity contribution < 1.29 is 19.4 Å². The maximum Gasteiger partial charge on any atom is 0.337 e. The Bertz CT molecular complexity index is 464. The molecular formula is C13H18N2O4. The van der Waals surface area contributed by atoms with Crippen molar-refractivity contribution in [2.75, 3.05) is 39.1 Å². The number of rotatable bonds is 4. The molecule has 6 heteroatoms. The molecule has 1 heterocycles. The molecule has 0 aliphatic carbocycles. The summed E-state index contributed by atoms with van der Waals surface area (Å²) < 4.78 is 11.1. The first-order chi connectivity index (χ1) is 9.06. The number of hydrogen-bond acceptors (Lipinski definition) is 5. The summed E-state index contributed by atoms with van der Waals surface area (Å²) >= 11 is 0. The summed E-state index contributed by atoms with van der Waals surface area (Å²) in [5, 5.41) is 8.97. The molecule has 1 atom stereocenters. The predicted octanol–water partition coefficient (Wildman–Crippen LogP) is 0.676. The summed E-state index contributed by atoms with van der Waals surface area (Å²) in [6, 6.07) is 4.63. The van der Waals surface area contributed by atoms with Crippen molar-refractivity contribution in [1.82, 2.24) is 4.90 Å². The van der Waals surface area contributed by atoms with E-state index < -0.39 is 5.97 Å². The van der Waals surface area contributed by atoms with Gasteiger partial charge in [0.25, 0.3) is 0 Å². The van der Waals surface area contributed by atoms with E-state index in [1.54, 1.807) is 6.07 Å². The molecule has 19 heavy (non-hydrogen) atoms. The highest BCUT2D eigenvalue weighted by molar-refractivity contribution is 5.94. The number of aromatic carboxylic acids is 1. The molecule has 6 nitrogen and oxygen atoms in total. The second-order valence-corrected chi connectivity index (χ2v) is 4.62. The van der Waals surface area contributed by atoms with Gasteiger partial charge in [0.2, 0.25) is 0 Å². The van der Waals surface area contributed by atoms with E-state index in [9.17, 15) is 4.79 Å². The monoisotopic (exact) mass is 266 g/mol. The fraction of sp³-hybridized carbons (Fsp3) is 0.462. The van der Waals surface area contributed by atoms with Crippen LogP contribution in [0.4, 0.5) is 5.69 Å². The Balaban J connectivity index is 1.96. The third kappa shape index (κ3) is 3.59. The lowest BCUT2D eigenvalue weighted by atomic mass is 10.2. The minimum Gasteiger partial charge on any atom is -0.491 e. The molecule has 0 aromatic heterocycles. The van der Waals surface area contributed by atoms with E-state index in [2.05, 4.69) is 4.90 Å². The van der Waals surface area contributed by atoms with E-state index in [1.165, 1.54) is 12.1 Å². The number of ether oxygens (including phenoxy) is 2. The summed E-state index contributed by atoms with van der Waals surface area (Å²) in [5.74, 6) is -0.569. The Labute approximate surface area is 111 Å². The Morgan fingerprint density at radius 2 is 2.42 bits per heavy atom. The Kier molecular flexibility index (Phi) is 4.24. The molecule has 1 aliphatic heterocycles. The average molecular weight is 266 g/mol. The second-order valence-electron chi connectivity index (χ2n) is 4.62. The largest absolute Gasteiger partial charge is 0.491 e. The standard InChI is InChI=1S/C13H18N2O4/c1-15-4-5-18-10(7-15)8-19-9-2-3-12(14)11(6-9)13(16)17/h2-3,6,10H,4-5,7-8,14H2,1H3,(H,16,17). The molecule has 0 saturated carbocycles. The first-order valence-corrected chi connectivity index (χ1v) is 6.12. The molecule has 104 valence electrons. The lowest BCUT2D eigenvalue weighted by Gasteiger charge is -2.29. The molecule has 1 aliphatic rings. The van der Waals surface area contributed by atoms with Crippen molar-refractivity contribution in [3.05, 3.63) is 23.8 Å². The van der Waals surface area contributed by atoms with Gasteiger partial charge in [0, 0.05) is 18.8 Å². The number of carboxylic acid groups (broad SMARTS) is 1. The van der Waals surface area contributed by atoms with Gasteiger partial charge in [0.1, 0.15) is 18.5 Å². The van der Waals surface area contributed by atoms with Crippen LogP contribution in [0.5, 0.6) is 5.75 Å². The van der Waals surface area contributed by atoms with Crippen LogP contribution in [0.15, 0.2) is 18.2 Å². The van der Waals surface area contributed by atoms with Crippen LogP contribution in [0, 0.1) is 0 Å². The highest BCUT2D eigenvalue weighted by Gasteiger charge is 2.18. The van der Waals surface area contributed by atoms with Crippen LogP contribution >= 0.6 is 0 Å². The average Bonchev–Trinajstić information content (AvgIpc) is 2.37. The number of carboxylic acids is 1. The van der Waals surface area contributed by atoms with Crippen LogP contribution in [0.2, 0.25) is 0 Å². The number of benzene rings is 1. The molecule has 1 aromatic carbocycles. The number of nitrogen functional groups attached to an aromatic ring is 1. The highest BCUT2D eigenvalue weighted by Crippen LogP contribution is 2.20. The van der Waals surface area contributed by atoms with Crippen molar-refractivity contribution in [3.63, 3.8) is 0 Å². The van der Waals surface area contributed by atoms with E-state index in [0.717, 1.165) is 13.1 Å². The minimum atomic E-state index is -1.06. The maximum absolute atomic E-state index is 11.0. The van der Waals surface area contributed by atoms with Crippen molar-refractivity contribution in [2.45, 2.75) is 6.10 Å². The lowest BCUT2D eigenvalue weighted by molar-refractivity contribution is -0.0403. The smallest absolute Gasteiger partial charge is 0.337 e. The zero-order valence-electron chi connectivity index (χ0n) is 10.8. The quantitative estimate of drug-likeness (QED) is 0.779. The number of carbonyl (C=O) groups is 1. The third-order valence-corrected chi connectivity index (χ3v) is 3.03. The first-order valence-electron chi connectivity index (χ1n) is 6.12. The Hall–Kier alpha value is -1.79. The van der Waals surface area contributed by atoms with Gasteiger partial charge in [-0.1, -0.05) is 0 Å². The fourth-order valence-electron chi connectivity index (χ4n) is 1.97. The Morgan fingerprint density at radius 1 is 1.63 bits per heavy atom. The van der Waals surface area contributed by atoms with E-state index in [1.807, 2.05) is 7.05 Å². The van der Waals surface area contributed by atoms with Crippen molar-refractivity contribution in [1.29, 1.82) is 0 Å². The molecule has 1 fully saturated rings. The summed E-state index contributed by atoms with van der Waals surface area (Å²) in [5.41, 5.74) is 5.86. The molecule has 3 N–H and O–H groups in total. The number of likely N-dealkylation sites (N-methyl/N-ethyl adjacent to an activating group) is 1. The first kappa shape index (κ1) is 13.6. The van der Waals surface area contributed by atoms with E-state index in [0.29, 0.717) is 19.0 Å².